The number of halogens is 2. The number of nitrogens with one attached hydrogen (secondary N) is 1. The zero-order valence-corrected chi connectivity index (χ0v) is 14.3. The van der Waals surface area contributed by atoms with Gasteiger partial charge in [-0.05, 0) is 44.0 Å². The van der Waals surface area contributed by atoms with Crippen molar-refractivity contribution in [2.75, 3.05) is 4.72 Å². The summed E-state index contributed by atoms with van der Waals surface area (Å²) in [6.45, 7) is 5.65. The summed E-state index contributed by atoms with van der Waals surface area (Å²) in [5.74, 6) is -0.530. The highest BCUT2D eigenvalue weighted by molar-refractivity contribution is 7.94. The van der Waals surface area contributed by atoms with E-state index in [1.54, 1.807) is 30.3 Å². The van der Waals surface area contributed by atoms with Crippen LogP contribution in [0.4, 0.5) is 10.2 Å². The molecule has 22 heavy (non-hydrogen) atoms. The van der Waals surface area contributed by atoms with E-state index in [1.165, 1.54) is 6.20 Å². The Morgan fingerprint density at radius 1 is 1.27 bits per heavy atom. The van der Waals surface area contributed by atoms with Gasteiger partial charge in [0.1, 0.15) is 4.75 Å². The SMILES string of the molecule is CCC(C)(C)[S+]([O-])Nc1nccc(-c2ccc(Cl)cc2)c1F. The highest BCUT2D eigenvalue weighted by atomic mass is 35.5. The molecule has 0 aliphatic heterocycles. The van der Waals surface area contributed by atoms with Gasteiger partial charge in [0.25, 0.3) is 0 Å². The van der Waals surface area contributed by atoms with Crippen molar-refractivity contribution in [1.29, 1.82) is 0 Å². The minimum atomic E-state index is -1.43. The zero-order chi connectivity index (χ0) is 16.3. The number of anilines is 1. The van der Waals surface area contributed by atoms with Gasteiger partial charge in [0.2, 0.25) is 5.82 Å². The molecule has 0 radical (unpaired) electrons. The number of rotatable bonds is 5. The van der Waals surface area contributed by atoms with E-state index in [-0.39, 0.29) is 5.82 Å². The maximum absolute atomic E-state index is 14.6. The first kappa shape index (κ1) is 17.1. The van der Waals surface area contributed by atoms with Crippen LogP contribution in [-0.2, 0) is 11.4 Å². The molecule has 2 aromatic rings. The van der Waals surface area contributed by atoms with E-state index in [4.69, 9.17) is 11.6 Å². The lowest BCUT2D eigenvalue weighted by Gasteiger charge is -2.26. The predicted octanol–water partition coefficient (Wildman–Crippen LogP) is 4.81. The van der Waals surface area contributed by atoms with E-state index < -0.39 is 21.9 Å². The Morgan fingerprint density at radius 2 is 1.91 bits per heavy atom. The minimum absolute atomic E-state index is 0.00712. The number of benzene rings is 1. The van der Waals surface area contributed by atoms with Crippen LogP contribution in [0.3, 0.4) is 0 Å². The third kappa shape index (κ3) is 3.72. The number of aromatic nitrogens is 1. The Kier molecular flexibility index (Phi) is 5.32. The van der Waals surface area contributed by atoms with E-state index in [2.05, 4.69) is 9.71 Å². The van der Waals surface area contributed by atoms with Gasteiger partial charge in [-0.15, -0.1) is 0 Å². The summed E-state index contributed by atoms with van der Waals surface area (Å²) >= 11 is 4.41. The highest BCUT2D eigenvalue weighted by Crippen LogP contribution is 2.29. The molecular weight excluding hydrogens is 323 g/mol. The summed E-state index contributed by atoms with van der Waals surface area (Å²) < 4.78 is 29.1. The van der Waals surface area contributed by atoms with Crippen molar-refractivity contribution < 1.29 is 8.94 Å². The highest BCUT2D eigenvalue weighted by Gasteiger charge is 2.32. The molecule has 1 heterocycles. The molecule has 1 atom stereocenters. The van der Waals surface area contributed by atoms with Gasteiger partial charge in [-0.3, -0.25) is 0 Å². The molecule has 0 aliphatic carbocycles. The van der Waals surface area contributed by atoms with Gasteiger partial charge < -0.3 is 4.55 Å². The van der Waals surface area contributed by atoms with Crippen LogP contribution in [0.1, 0.15) is 27.2 Å². The van der Waals surface area contributed by atoms with Crippen molar-refractivity contribution in [1.82, 2.24) is 4.98 Å². The summed E-state index contributed by atoms with van der Waals surface area (Å²) in [5, 5.41) is 0.586. The molecule has 0 bridgehead atoms. The van der Waals surface area contributed by atoms with Gasteiger partial charge in [-0.2, -0.15) is 4.72 Å². The van der Waals surface area contributed by atoms with Gasteiger partial charge in [0.05, 0.1) is 11.4 Å². The molecule has 0 spiro atoms. The summed E-state index contributed by atoms with van der Waals surface area (Å²) in [6, 6.07) is 8.44. The minimum Gasteiger partial charge on any atom is -0.593 e. The summed E-state index contributed by atoms with van der Waals surface area (Å²) in [4.78, 5) is 3.96. The van der Waals surface area contributed by atoms with Gasteiger partial charge in [-0.25, -0.2) is 9.37 Å². The first-order valence-corrected chi connectivity index (χ1v) is 8.47. The molecule has 1 N–H and O–H groups in total. The van der Waals surface area contributed by atoms with Crippen LogP contribution in [0.5, 0.6) is 0 Å². The largest absolute Gasteiger partial charge is 0.593 e. The fourth-order valence-electron chi connectivity index (χ4n) is 1.72. The number of nitrogens with zero attached hydrogens (tertiary/aromatic N) is 1. The molecule has 0 amide bonds. The van der Waals surface area contributed by atoms with Crippen molar-refractivity contribution in [3.8, 4) is 11.1 Å². The van der Waals surface area contributed by atoms with Gasteiger partial charge in [0, 0.05) is 16.8 Å². The normalized spacial score (nSPS) is 13.0. The maximum Gasteiger partial charge on any atom is 0.207 e. The second-order valence-corrected chi connectivity index (χ2v) is 7.80. The van der Waals surface area contributed by atoms with E-state index >= 15 is 0 Å². The molecule has 118 valence electrons. The quantitative estimate of drug-likeness (QED) is 0.795. The first-order chi connectivity index (χ1) is 10.3. The Labute approximate surface area is 138 Å². The molecule has 1 unspecified atom stereocenters. The summed E-state index contributed by atoms with van der Waals surface area (Å²) in [5.41, 5.74) is 1.08. The molecule has 0 saturated heterocycles. The van der Waals surface area contributed by atoms with Gasteiger partial charge >= 0.3 is 0 Å². The average Bonchev–Trinajstić information content (AvgIpc) is 2.50. The Hall–Kier alpha value is -1.30. The first-order valence-electron chi connectivity index (χ1n) is 6.94. The molecule has 6 heteroatoms. The van der Waals surface area contributed by atoms with Gasteiger partial charge in [0.15, 0.2) is 5.82 Å². The topological polar surface area (TPSA) is 48.0 Å². The lowest BCUT2D eigenvalue weighted by Crippen LogP contribution is -2.36. The van der Waals surface area contributed by atoms with Crippen LogP contribution in [0.2, 0.25) is 5.02 Å². The second-order valence-electron chi connectivity index (χ2n) is 5.51. The van der Waals surface area contributed by atoms with E-state index in [1.807, 2.05) is 20.8 Å². The number of hydrogen-bond acceptors (Lipinski definition) is 3. The van der Waals surface area contributed by atoms with E-state index in [0.29, 0.717) is 22.6 Å². The second kappa shape index (κ2) is 6.86. The molecule has 0 fully saturated rings. The number of hydrogen-bond donors (Lipinski definition) is 1. The fourth-order valence-corrected chi connectivity index (χ4v) is 2.71. The van der Waals surface area contributed by atoms with Crippen LogP contribution in [0.25, 0.3) is 11.1 Å². The Bertz CT molecular complexity index is 649. The van der Waals surface area contributed by atoms with Gasteiger partial charge in [-0.1, -0.05) is 30.7 Å². The van der Waals surface area contributed by atoms with Crippen LogP contribution >= 0.6 is 11.6 Å². The smallest absolute Gasteiger partial charge is 0.207 e. The molecule has 0 saturated carbocycles. The van der Waals surface area contributed by atoms with Crippen LogP contribution in [-0.4, -0.2) is 14.3 Å². The van der Waals surface area contributed by atoms with Crippen molar-refractivity contribution in [2.45, 2.75) is 31.9 Å². The lowest BCUT2D eigenvalue weighted by atomic mass is 10.1. The monoisotopic (exact) mass is 340 g/mol. The van der Waals surface area contributed by atoms with Crippen molar-refractivity contribution in [2.24, 2.45) is 0 Å². The molecular formula is C16H18ClFN2OS. The lowest BCUT2D eigenvalue weighted by molar-refractivity contribution is 0.542. The van der Waals surface area contributed by atoms with E-state index in [0.717, 1.165) is 0 Å². The summed E-state index contributed by atoms with van der Waals surface area (Å²) in [6.07, 6.45) is 2.19. The Balaban J connectivity index is 2.32. The fraction of sp³-hybridized carbons (Fsp3) is 0.312. The zero-order valence-electron chi connectivity index (χ0n) is 12.7. The molecule has 3 nitrogen and oxygen atoms in total. The predicted molar refractivity (Wildman–Crippen MR) is 90.8 cm³/mol. The Morgan fingerprint density at radius 3 is 2.50 bits per heavy atom. The third-order valence-electron chi connectivity index (χ3n) is 3.59. The molecule has 1 aromatic heterocycles. The molecule has 1 aromatic carbocycles. The van der Waals surface area contributed by atoms with Crippen molar-refractivity contribution in [3.05, 3.63) is 47.4 Å². The van der Waals surface area contributed by atoms with Crippen LogP contribution < -0.4 is 4.72 Å². The maximum atomic E-state index is 14.6. The average molecular weight is 341 g/mol. The molecule has 2 rings (SSSR count). The summed E-state index contributed by atoms with van der Waals surface area (Å²) in [7, 11) is 0. The number of pyridine rings is 1. The van der Waals surface area contributed by atoms with Crippen LogP contribution in [0.15, 0.2) is 36.5 Å². The standard InChI is InChI=1S/C16H18ClFN2OS/c1-4-16(2,3)22(21)20-15-14(18)13(9-10-19-15)11-5-7-12(17)8-6-11/h5-10H,4H2,1-3H3,(H,19,20). The van der Waals surface area contributed by atoms with Crippen LogP contribution in [0, 0.1) is 5.82 Å². The third-order valence-corrected chi connectivity index (χ3v) is 5.51. The van der Waals surface area contributed by atoms with Crippen molar-refractivity contribution >= 4 is 28.8 Å². The van der Waals surface area contributed by atoms with Crippen molar-refractivity contribution in [3.63, 3.8) is 0 Å². The molecule has 0 aliphatic rings. The van der Waals surface area contributed by atoms with E-state index in [9.17, 15) is 8.94 Å².